The van der Waals surface area contributed by atoms with Gasteiger partial charge >= 0.3 is 0 Å². The van der Waals surface area contributed by atoms with Crippen LogP contribution in [0.4, 0.5) is 0 Å². The lowest BCUT2D eigenvalue weighted by Gasteiger charge is -2.14. The number of phenols is 1. The van der Waals surface area contributed by atoms with Crippen LogP contribution in [0.2, 0.25) is 5.02 Å². The Morgan fingerprint density at radius 1 is 1.15 bits per heavy atom. The predicted molar refractivity (Wildman–Crippen MR) is 84.3 cm³/mol. The van der Waals surface area contributed by atoms with Crippen molar-refractivity contribution in [3.8, 4) is 5.75 Å². The topological polar surface area (TPSA) is 32.3 Å². The number of hydrogen-bond donors (Lipinski definition) is 2. The third-order valence-electron chi connectivity index (χ3n) is 3.37. The largest absolute Gasteiger partial charge is 0.508 e. The molecule has 0 aliphatic rings. The molecule has 0 aromatic heterocycles. The van der Waals surface area contributed by atoms with E-state index in [2.05, 4.69) is 24.4 Å². The Labute approximate surface area is 125 Å². The molecule has 2 aromatic rings. The van der Waals surface area contributed by atoms with Crippen molar-refractivity contribution < 1.29 is 5.11 Å². The summed E-state index contributed by atoms with van der Waals surface area (Å²) in [6, 6.07) is 15.7. The van der Waals surface area contributed by atoms with Gasteiger partial charge in [0.25, 0.3) is 0 Å². The summed E-state index contributed by atoms with van der Waals surface area (Å²) in [5.41, 5.74) is 2.41. The van der Waals surface area contributed by atoms with Crippen molar-refractivity contribution in [2.24, 2.45) is 0 Å². The lowest BCUT2D eigenvalue weighted by atomic mass is 10.1. The van der Waals surface area contributed by atoms with Gasteiger partial charge in [-0.3, -0.25) is 0 Å². The number of halogens is 1. The van der Waals surface area contributed by atoms with E-state index in [0.29, 0.717) is 11.8 Å². The Morgan fingerprint density at radius 3 is 2.60 bits per heavy atom. The maximum absolute atomic E-state index is 9.40. The van der Waals surface area contributed by atoms with E-state index in [1.54, 1.807) is 6.07 Å². The van der Waals surface area contributed by atoms with Crippen LogP contribution in [0.1, 0.15) is 30.5 Å². The standard InChI is InChI=1S/C17H20ClNO/c1-13(15-7-9-16(18)10-8-15)19-11-3-5-14-4-2-6-17(20)12-14/h2,4,6-10,12-13,19-20H,3,5,11H2,1H3. The number of nitrogens with one attached hydrogen (secondary N) is 1. The normalized spacial score (nSPS) is 12.3. The average Bonchev–Trinajstić information content (AvgIpc) is 2.44. The third kappa shape index (κ3) is 4.55. The molecule has 0 spiro atoms. The quantitative estimate of drug-likeness (QED) is 0.776. The maximum Gasteiger partial charge on any atom is 0.115 e. The van der Waals surface area contributed by atoms with Crippen molar-refractivity contribution in [3.63, 3.8) is 0 Å². The summed E-state index contributed by atoms with van der Waals surface area (Å²) in [7, 11) is 0. The number of benzene rings is 2. The minimum absolute atomic E-state index is 0.316. The van der Waals surface area contributed by atoms with Crippen LogP contribution in [-0.2, 0) is 6.42 Å². The van der Waals surface area contributed by atoms with Crippen molar-refractivity contribution in [2.75, 3.05) is 6.54 Å². The maximum atomic E-state index is 9.40. The van der Waals surface area contributed by atoms with Crippen molar-refractivity contribution in [1.82, 2.24) is 5.32 Å². The smallest absolute Gasteiger partial charge is 0.115 e. The molecule has 0 radical (unpaired) electrons. The van der Waals surface area contributed by atoms with Gasteiger partial charge in [0.1, 0.15) is 5.75 Å². The van der Waals surface area contributed by atoms with Crippen LogP contribution in [-0.4, -0.2) is 11.7 Å². The molecule has 20 heavy (non-hydrogen) atoms. The number of phenolic OH excluding ortho intramolecular Hbond substituents is 1. The molecular weight excluding hydrogens is 270 g/mol. The van der Waals surface area contributed by atoms with Crippen LogP contribution in [0.25, 0.3) is 0 Å². The van der Waals surface area contributed by atoms with E-state index in [1.807, 2.05) is 30.3 Å². The van der Waals surface area contributed by atoms with Gasteiger partial charge in [-0.15, -0.1) is 0 Å². The van der Waals surface area contributed by atoms with Crippen molar-refractivity contribution in [2.45, 2.75) is 25.8 Å². The second-order valence-electron chi connectivity index (χ2n) is 5.00. The highest BCUT2D eigenvalue weighted by molar-refractivity contribution is 6.30. The highest BCUT2D eigenvalue weighted by Crippen LogP contribution is 2.16. The Morgan fingerprint density at radius 2 is 1.90 bits per heavy atom. The zero-order chi connectivity index (χ0) is 14.4. The molecule has 0 heterocycles. The molecule has 0 saturated heterocycles. The van der Waals surface area contributed by atoms with Gasteiger partial charge in [-0.1, -0.05) is 35.9 Å². The monoisotopic (exact) mass is 289 g/mol. The summed E-state index contributed by atoms with van der Waals surface area (Å²) in [5.74, 6) is 0.338. The van der Waals surface area contributed by atoms with Gasteiger partial charge in [0.05, 0.1) is 0 Å². The highest BCUT2D eigenvalue weighted by atomic mass is 35.5. The first-order valence-electron chi connectivity index (χ1n) is 6.92. The molecule has 0 aliphatic carbocycles. The van der Waals surface area contributed by atoms with Gasteiger partial charge in [0, 0.05) is 11.1 Å². The van der Waals surface area contributed by atoms with Crippen LogP contribution in [0.3, 0.4) is 0 Å². The number of aromatic hydroxyl groups is 1. The lowest BCUT2D eigenvalue weighted by molar-refractivity contribution is 0.474. The number of rotatable bonds is 6. The zero-order valence-electron chi connectivity index (χ0n) is 11.6. The van der Waals surface area contributed by atoms with E-state index in [0.717, 1.165) is 24.4 Å². The van der Waals surface area contributed by atoms with Gasteiger partial charge in [-0.25, -0.2) is 0 Å². The molecule has 1 atom stereocenters. The Hall–Kier alpha value is -1.51. The molecule has 0 fully saturated rings. The van der Waals surface area contributed by atoms with Crippen LogP contribution in [0.15, 0.2) is 48.5 Å². The molecular formula is C17H20ClNO. The van der Waals surface area contributed by atoms with E-state index in [4.69, 9.17) is 11.6 Å². The average molecular weight is 290 g/mol. The molecule has 0 bridgehead atoms. The Balaban J connectivity index is 1.74. The minimum atomic E-state index is 0.316. The molecule has 1 unspecified atom stereocenters. The van der Waals surface area contributed by atoms with Crippen LogP contribution < -0.4 is 5.32 Å². The van der Waals surface area contributed by atoms with Crippen LogP contribution in [0.5, 0.6) is 5.75 Å². The minimum Gasteiger partial charge on any atom is -0.508 e. The van der Waals surface area contributed by atoms with E-state index in [1.165, 1.54) is 11.1 Å². The fourth-order valence-electron chi connectivity index (χ4n) is 2.19. The number of aryl methyl sites for hydroxylation is 1. The first-order chi connectivity index (χ1) is 9.65. The fourth-order valence-corrected chi connectivity index (χ4v) is 2.32. The van der Waals surface area contributed by atoms with Crippen molar-refractivity contribution in [1.29, 1.82) is 0 Å². The van der Waals surface area contributed by atoms with E-state index >= 15 is 0 Å². The van der Waals surface area contributed by atoms with E-state index in [-0.39, 0.29) is 0 Å². The zero-order valence-corrected chi connectivity index (χ0v) is 12.4. The molecule has 106 valence electrons. The summed E-state index contributed by atoms with van der Waals surface area (Å²) in [6.07, 6.45) is 2.01. The predicted octanol–water partition coefficient (Wildman–Crippen LogP) is 4.33. The molecule has 2 aromatic carbocycles. The van der Waals surface area contributed by atoms with Gasteiger partial charge in [-0.2, -0.15) is 0 Å². The number of hydrogen-bond acceptors (Lipinski definition) is 2. The van der Waals surface area contributed by atoms with Gasteiger partial charge in [-0.05, 0) is 61.7 Å². The third-order valence-corrected chi connectivity index (χ3v) is 3.63. The van der Waals surface area contributed by atoms with Crippen molar-refractivity contribution >= 4 is 11.6 Å². The summed E-state index contributed by atoms with van der Waals surface area (Å²) >= 11 is 5.88. The fraction of sp³-hybridized carbons (Fsp3) is 0.294. The molecule has 0 saturated carbocycles. The molecule has 2 rings (SSSR count). The van der Waals surface area contributed by atoms with Gasteiger partial charge < -0.3 is 10.4 Å². The summed E-state index contributed by atoms with van der Waals surface area (Å²) in [5, 5.41) is 13.7. The van der Waals surface area contributed by atoms with Gasteiger partial charge in [0.15, 0.2) is 0 Å². The SMILES string of the molecule is CC(NCCCc1cccc(O)c1)c1ccc(Cl)cc1. The summed E-state index contributed by atoms with van der Waals surface area (Å²) in [6.45, 7) is 3.09. The molecule has 2 N–H and O–H groups in total. The lowest BCUT2D eigenvalue weighted by Crippen LogP contribution is -2.20. The Bertz CT molecular complexity index is 539. The molecule has 0 aliphatic heterocycles. The van der Waals surface area contributed by atoms with Crippen LogP contribution in [0, 0.1) is 0 Å². The highest BCUT2D eigenvalue weighted by Gasteiger charge is 2.04. The van der Waals surface area contributed by atoms with Gasteiger partial charge in [0.2, 0.25) is 0 Å². The molecule has 3 heteroatoms. The van der Waals surface area contributed by atoms with Crippen molar-refractivity contribution in [3.05, 3.63) is 64.7 Å². The molecule has 2 nitrogen and oxygen atoms in total. The molecule has 0 amide bonds. The second-order valence-corrected chi connectivity index (χ2v) is 5.44. The second kappa shape index (κ2) is 7.32. The Kier molecular flexibility index (Phi) is 5.45. The first-order valence-corrected chi connectivity index (χ1v) is 7.30. The summed E-state index contributed by atoms with van der Waals surface area (Å²) in [4.78, 5) is 0. The first kappa shape index (κ1) is 14.9. The van der Waals surface area contributed by atoms with E-state index in [9.17, 15) is 5.11 Å². The summed E-state index contributed by atoms with van der Waals surface area (Å²) < 4.78 is 0. The van der Waals surface area contributed by atoms with Crippen LogP contribution >= 0.6 is 11.6 Å². The van der Waals surface area contributed by atoms with E-state index < -0.39 is 0 Å².